The number of aryl methyl sites for hydroxylation is 2. The standard InChI is InChI=1S/C14H30O.C8H10/c1-4-7-8-9-10-11-12-13-14(5-2)15-6-3;1-7-5-3-4-6-8(7)2/h14H,4-13H2,1-3H3;3-6H,1-2H3. The summed E-state index contributed by atoms with van der Waals surface area (Å²) < 4.78 is 5.64. The summed E-state index contributed by atoms with van der Waals surface area (Å²) in [4.78, 5) is 0. The van der Waals surface area contributed by atoms with E-state index in [0.29, 0.717) is 6.10 Å². The molecule has 1 heteroatoms. The summed E-state index contributed by atoms with van der Waals surface area (Å²) in [5.41, 5.74) is 2.74. The molecule has 0 radical (unpaired) electrons. The predicted octanol–water partition coefficient (Wildman–Crippen LogP) is 7.25. The Hall–Kier alpha value is -0.820. The molecule has 1 aromatic carbocycles. The first-order valence-electron chi connectivity index (χ1n) is 9.79. The molecule has 0 fully saturated rings. The van der Waals surface area contributed by atoms with Gasteiger partial charge < -0.3 is 4.74 Å². The maximum absolute atomic E-state index is 5.64. The van der Waals surface area contributed by atoms with Crippen molar-refractivity contribution >= 4 is 0 Å². The quantitative estimate of drug-likeness (QED) is 0.390. The largest absolute Gasteiger partial charge is 0.379 e. The Morgan fingerprint density at radius 3 is 1.74 bits per heavy atom. The van der Waals surface area contributed by atoms with E-state index in [1.165, 1.54) is 68.9 Å². The summed E-state index contributed by atoms with van der Waals surface area (Å²) in [5.74, 6) is 0. The van der Waals surface area contributed by atoms with Crippen LogP contribution in [0.25, 0.3) is 0 Å². The van der Waals surface area contributed by atoms with Crippen molar-refractivity contribution in [3.8, 4) is 0 Å². The van der Waals surface area contributed by atoms with Gasteiger partial charge in [0, 0.05) is 6.61 Å². The summed E-state index contributed by atoms with van der Waals surface area (Å²) >= 11 is 0. The number of hydrogen-bond acceptors (Lipinski definition) is 1. The molecule has 23 heavy (non-hydrogen) atoms. The van der Waals surface area contributed by atoms with Gasteiger partial charge in [-0.25, -0.2) is 0 Å². The van der Waals surface area contributed by atoms with Gasteiger partial charge in [-0.2, -0.15) is 0 Å². The Labute approximate surface area is 145 Å². The summed E-state index contributed by atoms with van der Waals surface area (Å²) in [5, 5.41) is 0. The normalized spacial score (nSPS) is 11.7. The average Bonchev–Trinajstić information content (AvgIpc) is 2.56. The van der Waals surface area contributed by atoms with Crippen molar-refractivity contribution in [3.63, 3.8) is 0 Å². The average molecular weight is 321 g/mol. The molecule has 1 rings (SSSR count). The minimum atomic E-state index is 0.519. The molecule has 0 aliphatic heterocycles. The SMILES string of the molecule is CCCCCCCCCC(CC)OCC.Cc1ccccc1C. The van der Waals surface area contributed by atoms with Crippen molar-refractivity contribution < 1.29 is 4.74 Å². The second kappa shape index (κ2) is 16.1. The number of benzene rings is 1. The molecule has 0 spiro atoms. The fourth-order valence-corrected chi connectivity index (χ4v) is 2.63. The number of hydrogen-bond donors (Lipinski definition) is 0. The molecule has 134 valence electrons. The summed E-state index contributed by atoms with van der Waals surface area (Å²) in [7, 11) is 0. The third-order valence-electron chi connectivity index (χ3n) is 4.41. The Morgan fingerprint density at radius 2 is 1.30 bits per heavy atom. The van der Waals surface area contributed by atoms with Crippen LogP contribution in [0.2, 0.25) is 0 Å². The summed E-state index contributed by atoms with van der Waals surface area (Å²) in [6, 6.07) is 8.36. The van der Waals surface area contributed by atoms with Crippen LogP contribution < -0.4 is 0 Å². The predicted molar refractivity (Wildman–Crippen MR) is 104 cm³/mol. The molecule has 0 aliphatic rings. The Balaban J connectivity index is 0.000000502. The van der Waals surface area contributed by atoms with Gasteiger partial charge in [-0.15, -0.1) is 0 Å². The highest BCUT2D eigenvalue weighted by Gasteiger charge is 2.04. The molecular formula is C22H40O. The van der Waals surface area contributed by atoms with Crippen molar-refractivity contribution in [3.05, 3.63) is 35.4 Å². The second-order valence-corrected chi connectivity index (χ2v) is 6.48. The van der Waals surface area contributed by atoms with Gasteiger partial charge in [0.15, 0.2) is 0 Å². The van der Waals surface area contributed by atoms with Crippen molar-refractivity contribution in [2.75, 3.05) is 6.61 Å². The van der Waals surface area contributed by atoms with E-state index >= 15 is 0 Å². The lowest BCUT2D eigenvalue weighted by Crippen LogP contribution is -2.11. The lowest BCUT2D eigenvalue weighted by Gasteiger charge is -2.14. The second-order valence-electron chi connectivity index (χ2n) is 6.48. The van der Waals surface area contributed by atoms with Crippen LogP contribution in [0.3, 0.4) is 0 Å². The molecule has 1 atom stereocenters. The molecule has 0 amide bonds. The smallest absolute Gasteiger partial charge is 0.0572 e. The zero-order valence-electron chi connectivity index (χ0n) is 16.4. The molecule has 0 saturated carbocycles. The number of ether oxygens (including phenoxy) is 1. The third-order valence-corrected chi connectivity index (χ3v) is 4.41. The molecule has 1 aromatic rings. The molecule has 0 heterocycles. The highest BCUT2D eigenvalue weighted by molar-refractivity contribution is 5.23. The van der Waals surface area contributed by atoms with Crippen molar-refractivity contribution in [1.29, 1.82) is 0 Å². The van der Waals surface area contributed by atoms with Crippen molar-refractivity contribution in [2.24, 2.45) is 0 Å². The van der Waals surface area contributed by atoms with E-state index in [0.717, 1.165) is 6.61 Å². The number of unbranched alkanes of at least 4 members (excludes halogenated alkanes) is 6. The topological polar surface area (TPSA) is 9.23 Å². The van der Waals surface area contributed by atoms with Gasteiger partial charge in [-0.05, 0) is 44.7 Å². The highest BCUT2D eigenvalue weighted by Crippen LogP contribution is 2.12. The van der Waals surface area contributed by atoms with Gasteiger partial charge >= 0.3 is 0 Å². The van der Waals surface area contributed by atoms with Gasteiger partial charge in [0.05, 0.1) is 6.10 Å². The molecule has 0 aromatic heterocycles. The van der Waals surface area contributed by atoms with Crippen molar-refractivity contribution in [1.82, 2.24) is 0 Å². The lowest BCUT2D eigenvalue weighted by molar-refractivity contribution is 0.0523. The molecule has 1 nitrogen and oxygen atoms in total. The lowest BCUT2D eigenvalue weighted by atomic mass is 10.1. The first kappa shape index (κ1) is 22.2. The zero-order chi connectivity index (χ0) is 17.3. The maximum atomic E-state index is 5.64. The van der Waals surface area contributed by atoms with Crippen LogP contribution >= 0.6 is 0 Å². The molecule has 0 aliphatic carbocycles. The van der Waals surface area contributed by atoms with Crippen molar-refractivity contribution in [2.45, 2.75) is 98.5 Å². The van der Waals surface area contributed by atoms with Gasteiger partial charge in [0.25, 0.3) is 0 Å². The third kappa shape index (κ3) is 13.3. The van der Waals surface area contributed by atoms with E-state index in [-0.39, 0.29) is 0 Å². The van der Waals surface area contributed by atoms with Crippen LogP contribution in [0, 0.1) is 13.8 Å². The number of rotatable bonds is 11. The van der Waals surface area contributed by atoms with E-state index in [9.17, 15) is 0 Å². The van der Waals surface area contributed by atoms with E-state index in [1.54, 1.807) is 0 Å². The van der Waals surface area contributed by atoms with Crippen LogP contribution in [-0.4, -0.2) is 12.7 Å². The highest BCUT2D eigenvalue weighted by atomic mass is 16.5. The minimum absolute atomic E-state index is 0.519. The molecular weight excluding hydrogens is 280 g/mol. The molecule has 0 bridgehead atoms. The van der Waals surface area contributed by atoms with Gasteiger partial charge in [-0.1, -0.05) is 83.1 Å². The fraction of sp³-hybridized carbons (Fsp3) is 0.727. The van der Waals surface area contributed by atoms with Crippen LogP contribution in [-0.2, 0) is 4.74 Å². The molecule has 0 saturated heterocycles. The van der Waals surface area contributed by atoms with E-state index in [2.05, 4.69) is 58.9 Å². The zero-order valence-corrected chi connectivity index (χ0v) is 16.4. The van der Waals surface area contributed by atoms with E-state index in [1.807, 2.05) is 0 Å². The summed E-state index contributed by atoms with van der Waals surface area (Å²) in [6.07, 6.45) is 12.7. The minimum Gasteiger partial charge on any atom is -0.379 e. The Morgan fingerprint density at radius 1 is 0.783 bits per heavy atom. The van der Waals surface area contributed by atoms with Gasteiger partial charge in [-0.3, -0.25) is 0 Å². The maximum Gasteiger partial charge on any atom is 0.0572 e. The Bertz CT molecular complexity index is 338. The van der Waals surface area contributed by atoms with Crippen LogP contribution in [0.4, 0.5) is 0 Å². The van der Waals surface area contributed by atoms with Gasteiger partial charge in [0.2, 0.25) is 0 Å². The molecule has 0 N–H and O–H groups in total. The van der Waals surface area contributed by atoms with Crippen LogP contribution in [0.5, 0.6) is 0 Å². The first-order chi connectivity index (χ1) is 11.2. The summed E-state index contributed by atoms with van der Waals surface area (Å²) in [6.45, 7) is 11.7. The van der Waals surface area contributed by atoms with Crippen LogP contribution in [0.15, 0.2) is 24.3 Å². The monoisotopic (exact) mass is 320 g/mol. The van der Waals surface area contributed by atoms with Crippen LogP contribution in [0.1, 0.15) is 89.7 Å². The molecule has 1 unspecified atom stereocenters. The first-order valence-corrected chi connectivity index (χ1v) is 9.79. The Kier molecular flexibility index (Phi) is 15.5. The fourth-order valence-electron chi connectivity index (χ4n) is 2.63. The van der Waals surface area contributed by atoms with E-state index < -0.39 is 0 Å². The van der Waals surface area contributed by atoms with E-state index in [4.69, 9.17) is 4.74 Å². The van der Waals surface area contributed by atoms with Gasteiger partial charge in [0.1, 0.15) is 0 Å².